The standard InChI is InChI=1S/C19H16FN3O2/c20-13-5-3-4-12(8-13)18-9-14(24)11-23(18)19(25)17-10-21-15-6-1-2-7-16(15)22-17/h1-8,10,14,18,24H,9,11H2/t14-,18+/m1/s1. The Morgan fingerprint density at radius 3 is 2.76 bits per heavy atom. The maximum atomic E-state index is 13.6. The molecular formula is C19H16FN3O2. The van der Waals surface area contributed by atoms with Crippen LogP contribution < -0.4 is 0 Å². The first-order valence-electron chi connectivity index (χ1n) is 8.08. The van der Waals surface area contributed by atoms with E-state index in [4.69, 9.17) is 0 Å². The fourth-order valence-corrected chi connectivity index (χ4v) is 3.28. The molecule has 5 nitrogen and oxygen atoms in total. The van der Waals surface area contributed by atoms with Gasteiger partial charge < -0.3 is 10.0 Å². The van der Waals surface area contributed by atoms with E-state index in [0.29, 0.717) is 23.0 Å². The largest absolute Gasteiger partial charge is 0.391 e. The van der Waals surface area contributed by atoms with Gasteiger partial charge in [0.25, 0.3) is 5.91 Å². The lowest BCUT2D eigenvalue weighted by atomic mass is 10.0. The summed E-state index contributed by atoms with van der Waals surface area (Å²) in [6.45, 7) is 0.189. The van der Waals surface area contributed by atoms with Crippen molar-refractivity contribution in [3.63, 3.8) is 0 Å². The second-order valence-corrected chi connectivity index (χ2v) is 6.16. The number of likely N-dealkylation sites (tertiary alicyclic amines) is 1. The van der Waals surface area contributed by atoms with Crippen molar-refractivity contribution < 1.29 is 14.3 Å². The maximum Gasteiger partial charge on any atom is 0.274 e. The average Bonchev–Trinajstić information content (AvgIpc) is 3.02. The normalized spacial score (nSPS) is 20.2. The van der Waals surface area contributed by atoms with Crippen molar-refractivity contribution in [1.29, 1.82) is 0 Å². The zero-order chi connectivity index (χ0) is 17.4. The number of hydrogen-bond acceptors (Lipinski definition) is 4. The van der Waals surface area contributed by atoms with Gasteiger partial charge in [-0.25, -0.2) is 9.37 Å². The molecule has 3 aromatic rings. The molecule has 25 heavy (non-hydrogen) atoms. The highest BCUT2D eigenvalue weighted by atomic mass is 19.1. The molecule has 0 spiro atoms. The number of nitrogens with zero attached hydrogens (tertiary/aromatic N) is 3. The maximum absolute atomic E-state index is 13.6. The van der Waals surface area contributed by atoms with Crippen molar-refractivity contribution in [2.45, 2.75) is 18.6 Å². The van der Waals surface area contributed by atoms with Crippen molar-refractivity contribution >= 4 is 16.9 Å². The molecule has 0 saturated carbocycles. The number of halogens is 1. The number of fused-ring (bicyclic) bond motifs is 1. The van der Waals surface area contributed by atoms with Gasteiger partial charge in [0.05, 0.1) is 29.4 Å². The molecule has 1 aliphatic heterocycles. The Kier molecular flexibility index (Phi) is 3.89. The second kappa shape index (κ2) is 6.22. The zero-order valence-electron chi connectivity index (χ0n) is 13.3. The molecule has 0 aliphatic carbocycles. The fourth-order valence-electron chi connectivity index (χ4n) is 3.28. The van der Waals surface area contributed by atoms with Gasteiger partial charge in [0.1, 0.15) is 11.5 Å². The third-order valence-corrected chi connectivity index (χ3v) is 4.44. The van der Waals surface area contributed by atoms with Crippen LogP contribution in [0.25, 0.3) is 11.0 Å². The molecule has 126 valence electrons. The summed E-state index contributed by atoms with van der Waals surface area (Å²) in [4.78, 5) is 23.1. The van der Waals surface area contributed by atoms with E-state index in [0.717, 1.165) is 0 Å². The van der Waals surface area contributed by atoms with Crippen LogP contribution in [0.5, 0.6) is 0 Å². The van der Waals surface area contributed by atoms with E-state index in [1.54, 1.807) is 18.2 Å². The topological polar surface area (TPSA) is 66.3 Å². The molecule has 2 heterocycles. The van der Waals surface area contributed by atoms with Crippen LogP contribution in [-0.2, 0) is 0 Å². The van der Waals surface area contributed by atoms with Crippen molar-refractivity contribution in [2.24, 2.45) is 0 Å². The van der Waals surface area contributed by atoms with Crippen LogP contribution in [0.4, 0.5) is 4.39 Å². The highest BCUT2D eigenvalue weighted by Gasteiger charge is 2.36. The number of aromatic nitrogens is 2. The number of rotatable bonds is 2. The first-order valence-corrected chi connectivity index (χ1v) is 8.08. The summed E-state index contributed by atoms with van der Waals surface area (Å²) < 4.78 is 13.6. The van der Waals surface area contributed by atoms with Crippen LogP contribution in [0.2, 0.25) is 0 Å². The first-order chi connectivity index (χ1) is 12.1. The Morgan fingerprint density at radius 1 is 1.16 bits per heavy atom. The van der Waals surface area contributed by atoms with E-state index in [9.17, 15) is 14.3 Å². The van der Waals surface area contributed by atoms with Crippen molar-refractivity contribution in [1.82, 2.24) is 14.9 Å². The SMILES string of the molecule is O=C(c1cnc2ccccc2n1)N1C[C@H](O)C[C@H]1c1cccc(F)c1. The lowest BCUT2D eigenvalue weighted by Crippen LogP contribution is -2.32. The van der Waals surface area contributed by atoms with E-state index in [1.165, 1.54) is 23.2 Å². The van der Waals surface area contributed by atoms with Gasteiger partial charge in [-0.3, -0.25) is 9.78 Å². The van der Waals surface area contributed by atoms with Crippen LogP contribution in [0.1, 0.15) is 28.5 Å². The highest BCUT2D eigenvalue weighted by molar-refractivity contribution is 5.94. The van der Waals surface area contributed by atoms with Gasteiger partial charge in [-0.15, -0.1) is 0 Å². The number of β-amino-alcohol motifs (C(OH)–C–C–N with tert-alkyl or cyclic N) is 1. The average molecular weight is 337 g/mol. The van der Waals surface area contributed by atoms with E-state index in [2.05, 4.69) is 9.97 Å². The molecular weight excluding hydrogens is 321 g/mol. The van der Waals surface area contributed by atoms with Gasteiger partial charge in [0.15, 0.2) is 0 Å². The Bertz CT molecular complexity index is 947. The van der Waals surface area contributed by atoms with Gasteiger partial charge in [0.2, 0.25) is 0 Å². The molecule has 0 unspecified atom stereocenters. The summed E-state index contributed by atoms with van der Waals surface area (Å²) in [5, 5.41) is 10.0. The molecule has 0 bridgehead atoms. The third kappa shape index (κ3) is 2.96. The monoisotopic (exact) mass is 337 g/mol. The second-order valence-electron chi connectivity index (χ2n) is 6.16. The minimum absolute atomic E-state index is 0.189. The van der Waals surface area contributed by atoms with Crippen LogP contribution in [0, 0.1) is 5.82 Å². The predicted octanol–water partition coefficient (Wildman–Crippen LogP) is 2.72. The number of para-hydroxylation sites is 2. The Balaban J connectivity index is 1.69. The molecule has 2 atom stereocenters. The summed E-state index contributed by atoms with van der Waals surface area (Å²) in [7, 11) is 0. The summed E-state index contributed by atoms with van der Waals surface area (Å²) in [5.41, 5.74) is 2.23. The van der Waals surface area contributed by atoms with Crippen LogP contribution >= 0.6 is 0 Å². The van der Waals surface area contributed by atoms with E-state index in [1.807, 2.05) is 18.2 Å². The van der Waals surface area contributed by atoms with Gasteiger partial charge in [0, 0.05) is 6.54 Å². The van der Waals surface area contributed by atoms with Gasteiger partial charge in [-0.2, -0.15) is 0 Å². The Hall–Kier alpha value is -2.86. The van der Waals surface area contributed by atoms with Gasteiger partial charge >= 0.3 is 0 Å². The predicted molar refractivity (Wildman–Crippen MR) is 90.3 cm³/mol. The lowest BCUT2D eigenvalue weighted by molar-refractivity contribution is 0.0709. The number of carbonyl (C=O) groups excluding carboxylic acids is 1. The molecule has 1 aliphatic rings. The quantitative estimate of drug-likeness (QED) is 0.781. The molecule has 4 rings (SSSR count). The zero-order valence-corrected chi connectivity index (χ0v) is 13.3. The summed E-state index contributed by atoms with van der Waals surface area (Å²) in [6.07, 6.45) is 1.17. The Labute approximate surface area is 143 Å². The van der Waals surface area contributed by atoms with Crippen molar-refractivity contribution in [2.75, 3.05) is 6.54 Å². The minimum atomic E-state index is -0.648. The van der Waals surface area contributed by atoms with Gasteiger partial charge in [-0.05, 0) is 36.2 Å². The fraction of sp³-hybridized carbons (Fsp3) is 0.211. The molecule has 1 amide bonds. The summed E-state index contributed by atoms with van der Waals surface area (Å²) >= 11 is 0. The van der Waals surface area contributed by atoms with E-state index >= 15 is 0 Å². The van der Waals surface area contributed by atoms with Gasteiger partial charge in [-0.1, -0.05) is 24.3 Å². The molecule has 1 saturated heterocycles. The summed E-state index contributed by atoms with van der Waals surface area (Å²) in [6, 6.07) is 13.0. The van der Waals surface area contributed by atoms with E-state index < -0.39 is 6.10 Å². The molecule has 0 radical (unpaired) electrons. The van der Waals surface area contributed by atoms with Crippen molar-refractivity contribution in [3.05, 3.63) is 71.8 Å². The molecule has 1 aromatic heterocycles. The molecule has 1 fully saturated rings. The third-order valence-electron chi connectivity index (χ3n) is 4.44. The number of benzene rings is 2. The number of aliphatic hydroxyl groups is 1. The number of carbonyl (C=O) groups is 1. The summed E-state index contributed by atoms with van der Waals surface area (Å²) in [5.74, 6) is -0.680. The lowest BCUT2D eigenvalue weighted by Gasteiger charge is -2.24. The van der Waals surface area contributed by atoms with Crippen LogP contribution in [0.3, 0.4) is 0 Å². The molecule has 2 aromatic carbocycles. The highest BCUT2D eigenvalue weighted by Crippen LogP contribution is 2.33. The Morgan fingerprint density at radius 2 is 1.96 bits per heavy atom. The van der Waals surface area contributed by atoms with Crippen molar-refractivity contribution in [3.8, 4) is 0 Å². The van der Waals surface area contributed by atoms with E-state index in [-0.39, 0.29) is 30.0 Å². The van der Waals surface area contributed by atoms with Crippen LogP contribution in [0.15, 0.2) is 54.7 Å². The van der Waals surface area contributed by atoms with Crippen LogP contribution in [-0.4, -0.2) is 38.5 Å². The number of amides is 1. The number of aliphatic hydroxyl groups excluding tert-OH is 1. The minimum Gasteiger partial charge on any atom is -0.391 e. The molecule has 1 N–H and O–H groups in total. The first kappa shape index (κ1) is 15.7. The molecule has 6 heteroatoms. The smallest absolute Gasteiger partial charge is 0.274 e. The number of hydrogen-bond donors (Lipinski definition) is 1.